The van der Waals surface area contributed by atoms with E-state index in [4.69, 9.17) is 5.73 Å². The van der Waals surface area contributed by atoms with Gasteiger partial charge in [0, 0.05) is 23.2 Å². The zero-order valence-corrected chi connectivity index (χ0v) is 8.31. The number of nitrogens with two attached hydrogens (primary N) is 1. The van der Waals surface area contributed by atoms with Crippen molar-refractivity contribution in [3.63, 3.8) is 0 Å². The number of nitro groups is 1. The van der Waals surface area contributed by atoms with E-state index < -0.39 is 22.7 Å². The van der Waals surface area contributed by atoms with Crippen molar-refractivity contribution in [1.82, 2.24) is 4.98 Å². The van der Waals surface area contributed by atoms with Gasteiger partial charge in [-0.3, -0.25) is 0 Å². The molecule has 1 heterocycles. The van der Waals surface area contributed by atoms with Gasteiger partial charge in [-0.25, -0.2) is 8.78 Å². The van der Waals surface area contributed by atoms with Crippen LogP contribution in [0.5, 0.6) is 5.88 Å². The Kier molecular flexibility index (Phi) is 3.67. The summed E-state index contributed by atoms with van der Waals surface area (Å²) in [5.41, 5.74) is 4.72. The van der Waals surface area contributed by atoms with Gasteiger partial charge in [0.25, 0.3) is 6.43 Å². The van der Waals surface area contributed by atoms with Crippen molar-refractivity contribution < 1.29 is 18.4 Å². The smallest absolute Gasteiger partial charge is 0.368 e. The van der Waals surface area contributed by atoms with Gasteiger partial charge in [0.1, 0.15) is 0 Å². The van der Waals surface area contributed by atoms with Crippen LogP contribution in [0.25, 0.3) is 0 Å². The van der Waals surface area contributed by atoms with Crippen LogP contribution in [-0.2, 0) is 6.54 Å². The van der Waals surface area contributed by atoms with E-state index in [0.717, 1.165) is 0 Å². The minimum Gasteiger partial charge on any atom is -0.463 e. The van der Waals surface area contributed by atoms with Crippen LogP contribution in [0, 0.1) is 10.1 Å². The first-order valence-electron chi connectivity index (χ1n) is 4.21. The Bertz CT molecular complexity index is 412. The molecule has 0 spiro atoms. The zero-order valence-electron chi connectivity index (χ0n) is 8.31. The molecular weight excluding hydrogens is 224 g/mol. The van der Waals surface area contributed by atoms with E-state index in [2.05, 4.69) is 9.72 Å². The first-order chi connectivity index (χ1) is 7.51. The van der Waals surface area contributed by atoms with Gasteiger partial charge in [-0.2, -0.15) is 0 Å². The van der Waals surface area contributed by atoms with Crippen LogP contribution in [-0.4, -0.2) is 17.0 Å². The van der Waals surface area contributed by atoms with E-state index in [1.807, 2.05) is 0 Å². The lowest BCUT2D eigenvalue weighted by atomic mass is 10.1. The molecule has 0 unspecified atom stereocenters. The van der Waals surface area contributed by atoms with E-state index in [1.54, 1.807) is 0 Å². The van der Waals surface area contributed by atoms with Gasteiger partial charge in [-0.05, 0) is 4.92 Å². The summed E-state index contributed by atoms with van der Waals surface area (Å²) in [6, 6.07) is 0.704. The molecule has 6 nitrogen and oxygen atoms in total. The second kappa shape index (κ2) is 4.79. The number of halogens is 2. The average Bonchev–Trinajstić information content (AvgIpc) is 2.26. The van der Waals surface area contributed by atoms with Crippen molar-refractivity contribution in [1.29, 1.82) is 0 Å². The molecule has 0 amide bonds. The highest BCUT2D eigenvalue weighted by Crippen LogP contribution is 2.31. The summed E-state index contributed by atoms with van der Waals surface area (Å²) < 4.78 is 29.9. The maximum atomic E-state index is 12.6. The zero-order chi connectivity index (χ0) is 12.3. The van der Waals surface area contributed by atoms with Crippen molar-refractivity contribution in [3.8, 4) is 5.88 Å². The number of rotatable bonds is 4. The highest BCUT2D eigenvalue weighted by Gasteiger charge is 2.25. The molecule has 1 aromatic rings. The van der Waals surface area contributed by atoms with Crippen LogP contribution in [0.3, 0.4) is 0 Å². The fraction of sp³-hybridized carbons (Fsp3) is 0.375. The number of hydrogen-bond donors (Lipinski definition) is 1. The quantitative estimate of drug-likeness (QED) is 0.626. The molecule has 1 rings (SSSR count). The summed E-state index contributed by atoms with van der Waals surface area (Å²) in [5, 5.41) is 10.5. The summed E-state index contributed by atoms with van der Waals surface area (Å²) in [6.45, 7) is -0.228. The summed E-state index contributed by atoms with van der Waals surface area (Å²) in [5.74, 6) is -0.934. The summed E-state index contributed by atoms with van der Waals surface area (Å²) >= 11 is 0. The average molecular weight is 233 g/mol. The fourth-order valence-corrected chi connectivity index (χ4v) is 1.22. The standard InChI is InChI=1S/C8H9F2N3O3/c1-16-8-5(3-11)4(7(9)10)2-6(12-8)13(14)15/h2,7H,3,11H2,1H3. The lowest BCUT2D eigenvalue weighted by Crippen LogP contribution is -2.08. The lowest BCUT2D eigenvalue weighted by Gasteiger charge is -2.07. The molecule has 88 valence electrons. The molecule has 0 fully saturated rings. The Labute approximate surface area is 89.2 Å². The number of alkyl halides is 2. The molecule has 0 aliphatic rings. The van der Waals surface area contributed by atoms with E-state index in [-0.39, 0.29) is 18.0 Å². The third-order valence-corrected chi connectivity index (χ3v) is 1.93. The maximum Gasteiger partial charge on any atom is 0.368 e. The van der Waals surface area contributed by atoms with Crippen LogP contribution in [0.2, 0.25) is 0 Å². The summed E-state index contributed by atoms with van der Waals surface area (Å²) in [6.07, 6.45) is -2.87. The molecule has 0 aromatic carbocycles. The lowest BCUT2D eigenvalue weighted by molar-refractivity contribution is -0.389. The molecule has 0 saturated heterocycles. The van der Waals surface area contributed by atoms with Crippen molar-refractivity contribution in [3.05, 3.63) is 27.3 Å². The van der Waals surface area contributed by atoms with Crippen molar-refractivity contribution in [2.75, 3.05) is 7.11 Å². The SMILES string of the molecule is COc1nc([N+](=O)[O-])cc(C(F)F)c1CN. The van der Waals surface area contributed by atoms with Crippen LogP contribution >= 0.6 is 0 Å². The van der Waals surface area contributed by atoms with Crippen molar-refractivity contribution >= 4 is 5.82 Å². The molecule has 0 bridgehead atoms. The van der Waals surface area contributed by atoms with Crippen molar-refractivity contribution in [2.24, 2.45) is 5.73 Å². The molecule has 0 radical (unpaired) electrons. The largest absolute Gasteiger partial charge is 0.463 e. The minimum atomic E-state index is -2.87. The minimum absolute atomic E-state index is 0.0249. The van der Waals surface area contributed by atoms with E-state index in [0.29, 0.717) is 6.07 Å². The number of aromatic nitrogens is 1. The number of ether oxygens (including phenoxy) is 1. The van der Waals surface area contributed by atoms with Crippen molar-refractivity contribution in [2.45, 2.75) is 13.0 Å². The van der Waals surface area contributed by atoms with Crippen LogP contribution in [0.1, 0.15) is 17.6 Å². The normalized spacial score (nSPS) is 10.6. The number of methoxy groups -OCH3 is 1. The third-order valence-electron chi connectivity index (χ3n) is 1.93. The van der Waals surface area contributed by atoms with E-state index in [9.17, 15) is 18.9 Å². The molecule has 0 saturated carbocycles. The molecule has 2 N–H and O–H groups in total. The Morgan fingerprint density at radius 1 is 1.69 bits per heavy atom. The molecule has 0 aliphatic carbocycles. The Morgan fingerprint density at radius 2 is 2.31 bits per heavy atom. The van der Waals surface area contributed by atoms with Crippen LogP contribution < -0.4 is 10.5 Å². The van der Waals surface area contributed by atoms with E-state index in [1.165, 1.54) is 7.11 Å². The van der Waals surface area contributed by atoms with Gasteiger partial charge in [0.05, 0.1) is 12.7 Å². The van der Waals surface area contributed by atoms with Gasteiger partial charge in [0.2, 0.25) is 0 Å². The topological polar surface area (TPSA) is 91.3 Å². The molecule has 0 aliphatic heterocycles. The monoisotopic (exact) mass is 233 g/mol. The fourth-order valence-electron chi connectivity index (χ4n) is 1.22. The number of nitrogens with zero attached hydrogens (tertiary/aromatic N) is 2. The first kappa shape index (κ1) is 12.2. The third kappa shape index (κ3) is 2.22. The van der Waals surface area contributed by atoms with Gasteiger partial charge in [-0.1, -0.05) is 0 Å². The highest BCUT2D eigenvalue weighted by atomic mass is 19.3. The molecule has 1 aromatic heterocycles. The van der Waals surface area contributed by atoms with Gasteiger partial charge >= 0.3 is 11.7 Å². The van der Waals surface area contributed by atoms with Gasteiger partial charge in [0.15, 0.2) is 0 Å². The van der Waals surface area contributed by atoms with E-state index >= 15 is 0 Å². The Balaban J connectivity index is 3.43. The maximum absolute atomic E-state index is 12.6. The highest BCUT2D eigenvalue weighted by molar-refractivity contribution is 5.42. The second-order valence-electron chi connectivity index (χ2n) is 2.82. The first-order valence-corrected chi connectivity index (χ1v) is 4.21. The summed E-state index contributed by atoms with van der Waals surface area (Å²) in [4.78, 5) is 13.1. The molecular formula is C8H9F2N3O3. The summed E-state index contributed by atoms with van der Waals surface area (Å²) in [7, 11) is 1.18. The second-order valence-corrected chi connectivity index (χ2v) is 2.82. The molecule has 0 atom stereocenters. The molecule has 16 heavy (non-hydrogen) atoms. The predicted molar refractivity (Wildman–Crippen MR) is 50.3 cm³/mol. The van der Waals surface area contributed by atoms with Crippen LogP contribution in [0.4, 0.5) is 14.6 Å². The van der Waals surface area contributed by atoms with Crippen LogP contribution in [0.15, 0.2) is 6.07 Å². The predicted octanol–water partition coefficient (Wildman–Crippen LogP) is 1.39. The molecule has 8 heteroatoms. The Morgan fingerprint density at radius 3 is 2.69 bits per heavy atom. The number of pyridine rings is 1. The van der Waals surface area contributed by atoms with Gasteiger partial charge < -0.3 is 20.6 Å². The Hall–Kier alpha value is -1.83. The van der Waals surface area contributed by atoms with Gasteiger partial charge in [-0.15, -0.1) is 0 Å². The number of hydrogen-bond acceptors (Lipinski definition) is 5.